The first-order chi connectivity index (χ1) is 11.7. The highest BCUT2D eigenvalue weighted by atomic mass is 16.5. The molecule has 4 nitrogen and oxygen atoms in total. The summed E-state index contributed by atoms with van der Waals surface area (Å²) in [4.78, 5) is 10.9. The van der Waals surface area contributed by atoms with E-state index in [1.807, 2.05) is 61.5 Å². The van der Waals surface area contributed by atoms with Gasteiger partial charge in [0, 0.05) is 6.42 Å². The fraction of sp³-hybridized carbons (Fsp3) is 0.350. The Hall–Kier alpha value is -2.17. The third-order valence-corrected chi connectivity index (χ3v) is 3.83. The highest BCUT2D eigenvalue weighted by Crippen LogP contribution is 2.16. The summed E-state index contributed by atoms with van der Waals surface area (Å²) < 4.78 is 16.9. The minimum Gasteiger partial charge on any atom is -0.497 e. The number of carbonyl (C=O) groups excluding carboxylic acids is 1. The van der Waals surface area contributed by atoms with Gasteiger partial charge in [-0.15, -0.1) is 0 Å². The maximum absolute atomic E-state index is 10.9. The Bertz CT molecular complexity index is 595. The van der Waals surface area contributed by atoms with Crippen LogP contribution < -0.4 is 4.74 Å². The maximum Gasteiger partial charge on any atom is 0.122 e. The number of rotatable bonds is 10. The van der Waals surface area contributed by atoms with Gasteiger partial charge in [0.25, 0.3) is 0 Å². The smallest absolute Gasteiger partial charge is 0.122 e. The average molecular weight is 328 g/mol. The van der Waals surface area contributed by atoms with Crippen LogP contribution in [0.15, 0.2) is 54.6 Å². The van der Waals surface area contributed by atoms with Gasteiger partial charge in [-0.2, -0.15) is 0 Å². The van der Waals surface area contributed by atoms with Crippen LogP contribution in [0.3, 0.4) is 0 Å². The highest BCUT2D eigenvalue weighted by molar-refractivity contribution is 5.50. The topological polar surface area (TPSA) is 44.8 Å². The van der Waals surface area contributed by atoms with Crippen molar-refractivity contribution in [2.75, 3.05) is 7.11 Å². The Kier molecular flexibility index (Phi) is 7.46. The molecule has 0 fully saturated rings. The van der Waals surface area contributed by atoms with E-state index in [1.165, 1.54) is 0 Å². The molecule has 0 spiro atoms. The van der Waals surface area contributed by atoms with Gasteiger partial charge in [-0.3, -0.25) is 0 Å². The van der Waals surface area contributed by atoms with Gasteiger partial charge in [-0.05, 0) is 30.2 Å². The third-order valence-electron chi connectivity index (χ3n) is 3.83. The van der Waals surface area contributed by atoms with Gasteiger partial charge in [-0.1, -0.05) is 42.5 Å². The maximum atomic E-state index is 10.9. The third kappa shape index (κ3) is 5.80. The van der Waals surface area contributed by atoms with Crippen LogP contribution in [-0.4, -0.2) is 25.6 Å². The molecule has 0 aliphatic rings. The van der Waals surface area contributed by atoms with Crippen molar-refractivity contribution in [1.29, 1.82) is 0 Å². The summed E-state index contributed by atoms with van der Waals surface area (Å²) in [7, 11) is 1.64. The van der Waals surface area contributed by atoms with E-state index in [1.54, 1.807) is 7.11 Å². The first-order valence-corrected chi connectivity index (χ1v) is 8.06. The fourth-order valence-corrected chi connectivity index (χ4v) is 2.32. The highest BCUT2D eigenvalue weighted by Gasteiger charge is 2.18. The first-order valence-electron chi connectivity index (χ1n) is 8.06. The van der Waals surface area contributed by atoms with Gasteiger partial charge in [0.1, 0.15) is 12.0 Å². The molecule has 0 saturated carbocycles. The fourth-order valence-electron chi connectivity index (χ4n) is 2.32. The number of benzene rings is 2. The van der Waals surface area contributed by atoms with E-state index in [0.717, 1.165) is 23.2 Å². The van der Waals surface area contributed by atoms with E-state index in [0.29, 0.717) is 19.6 Å². The first kappa shape index (κ1) is 18.2. The van der Waals surface area contributed by atoms with E-state index in [9.17, 15) is 4.79 Å². The molecular weight excluding hydrogens is 304 g/mol. The van der Waals surface area contributed by atoms with Crippen LogP contribution in [0, 0.1) is 0 Å². The molecule has 1 unspecified atom stereocenters. The van der Waals surface area contributed by atoms with Crippen molar-refractivity contribution in [3.8, 4) is 5.75 Å². The van der Waals surface area contributed by atoms with E-state index in [-0.39, 0.29) is 12.2 Å². The summed E-state index contributed by atoms with van der Waals surface area (Å²) in [6.45, 7) is 2.87. The lowest BCUT2D eigenvalue weighted by Gasteiger charge is -2.23. The quantitative estimate of drug-likeness (QED) is 0.623. The van der Waals surface area contributed by atoms with Gasteiger partial charge in [-0.25, -0.2) is 0 Å². The Morgan fingerprint density at radius 1 is 0.917 bits per heavy atom. The molecular formula is C20H24O4. The SMILES string of the molecule is COc1ccc(COC(CC=O)[C@@H](C)OCc2ccccc2)cc1. The van der Waals surface area contributed by atoms with Crippen molar-refractivity contribution in [2.45, 2.75) is 38.8 Å². The van der Waals surface area contributed by atoms with Crippen LogP contribution >= 0.6 is 0 Å². The molecule has 128 valence electrons. The molecule has 0 bridgehead atoms. The molecule has 0 radical (unpaired) electrons. The molecule has 0 saturated heterocycles. The summed E-state index contributed by atoms with van der Waals surface area (Å²) in [6.07, 6.45) is 0.745. The summed E-state index contributed by atoms with van der Waals surface area (Å²) in [6, 6.07) is 17.6. The molecule has 0 aliphatic heterocycles. The second-order valence-electron chi connectivity index (χ2n) is 5.60. The molecule has 0 heterocycles. The summed E-state index contributed by atoms with van der Waals surface area (Å²) in [5, 5.41) is 0. The Morgan fingerprint density at radius 2 is 1.54 bits per heavy atom. The minimum absolute atomic E-state index is 0.173. The van der Waals surface area contributed by atoms with Crippen LogP contribution in [0.4, 0.5) is 0 Å². The molecule has 2 aromatic rings. The van der Waals surface area contributed by atoms with Gasteiger partial charge >= 0.3 is 0 Å². The van der Waals surface area contributed by atoms with Crippen LogP contribution in [0.1, 0.15) is 24.5 Å². The van der Waals surface area contributed by atoms with E-state index < -0.39 is 0 Å². The van der Waals surface area contributed by atoms with Gasteiger partial charge < -0.3 is 19.0 Å². The molecule has 0 N–H and O–H groups in total. The second kappa shape index (κ2) is 9.85. The zero-order valence-electron chi connectivity index (χ0n) is 14.2. The van der Waals surface area contributed by atoms with Crippen LogP contribution in [0.2, 0.25) is 0 Å². The molecule has 24 heavy (non-hydrogen) atoms. The van der Waals surface area contributed by atoms with Crippen LogP contribution in [-0.2, 0) is 27.5 Å². The summed E-state index contributed by atoms with van der Waals surface area (Å²) in [5.41, 5.74) is 2.13. The minimum atomic E-state index is -0.270. The van der Waals surface area contributed by atoms with Crippen LogP contribution in [0.5, 0.6) is 5.75 Å². The van der Waals surface area contributed by atoms with Crippen molar-refractivity contribution in [1.82, 2.24) is 0 Å². The standard InChI is InChI=1S/C20H24O4/c1-16(23-14-17-6-4-3-5-7-17)20(12-13-21)24-15-18-8-10-19(22-2)11-9-18/h3-11,13,16,20H,12,14-15H2,1-2H3/t16-,20?/m1/s1. The molecule has 0 amide bonds. The van der Waals surface area contributed by atoms with Crippen molar-refractivity contribution < 1.29 is 19.0 Å². The largest absolute Gasteiger partial charge is 0.497 e. The van der Waals surface area contributed by atoms with Gasteiger partial charge in [0.2, 0.25) is 0 Å². The zero-order valence-corrected chi connectivity index (χ0v) is 14.2. The number of methoxy groups -OCH3 is 1. The Balaban J connectivity index is 1.86. The summed E-state index contributed by atoms with van der Waals surface area (Å²) in [5.74, 6) is 0.808. The predicted molar refractivity (Wildman–Crippen MR) is 92.9 cm³/mol. The lowest BCUT2D eigenvalue weighted by molar-refractivity contribution is -0.117. The molecule has 2 atom stereocenters. The normalized spacial score (nSPS) is 13.2. The summed E-state index contributed by atoms with van der Waals surface area (Å²) >= 11 is 0. The second-order valence-corrected chi connectivity index (χ2v) is 5.60. The molecule has 4 heteroatoms. The van der Waals surface area contributed by atoms with Gasteiger partial charge in [0.15, 0.2) is 0 Å². The number of aldehydes is 1. The molecule has 0 aromatic heterocycles. The van der Waals surface area contributed by atoms with Crippen molar-refractivity contribution in [3.63, 3.8) is 0 Å². The lowest BCUT2D eigenvalue weighted by atomic mass is 10.1. The monoisotopic (exact) mass is 328 g/mol. The number of hydrogen-bond donors (Lipinski definition) is 0. The average Bonchev–Trinajstić information content (AvgIpc) is 2.64. The molecule has 0 aliphatic carbocycles. The molecule has 2 rings (SSSR count). The van der Waals surface area contributed by atoms with Crippen LogP contribution in [0.25, 0.3) is 0 Å². The zero-order chi connectivity index (χ0) is 17.2. The molecule has 2 aromatic carbocycles. The number of carbonyl (C=O) groups is 1. The van der Waals surface area contributed by atoms with E-state index >= 15 is 0 Å². The Labute approximate surface area is 143 Å². The lowest BCUT2D eigenvalue weighted by Crippen LogP contribution is -2.29. The number of hydrogen-bond acceptors (Lipinski definition) is 4. The predicted octanol–water partition coefficient (Wildman–Crippen LogP) is 3.77. The number of ether oxygens (including phenoxy) is 3. The van der Waals surface area contributed by atoms with E-state index in [4.69, 9.17) is 14.2 Å². The van der Waals surface area contributed by atoms with E-state index in [2.05, 4.69) is 0 Å². The van der Waals surface area contributed by atoms with Crippen molar-refractivity contribution >= 4 is 6.29 Å². The van der Waals surface area contributed by atoms with Gasteiger partial charge in [0.05, 0.1) is 32.5 Å². The van der Waals surface area contributed by atoms with Crippen molar-refractivity contribution in [3.05, 3.63) is 65.7 Å². The van der Waals surface area contributed by atoms with Crippen molar-refractivity contribution in [2.24, 2.45) is 0 Å². The Morgan fingerprint density at radius 3 is 2.17 bits per heavy atom.